The maximum Gasteiger partial charge on any atom is 0.310 e. The average Bonchev–Trinajstić information content (AvgIpc) is 3.20. The number of aryl methyl sites for hydroxylation is 1. The maximum atomic E-state index is 12.3. The number of aliphatic carboxylic acids is 1. The first kappa shape index (κ1) is 17.8. The first-order valence-corrected chi connectivity index (χ1v) is 8.03. The van der Waals surface area contributed by atoms with Crippen LogP contribution in [0.3, 0.4) is 0 Å². The van der Waals surface area contributed by atoms with Crippen LogP contribution >= 0.6 is 0 Å². The Morgan fingerprint density at radius 1 is 1.19 bits per heavy atom. The minimum Gasteiger partial charge on any atom is -0.481 e. The van der Waals surface area contributed by atoms with E-state index in [4.69, 9.17) is 4.74 Å². The van der Waals surface area contributed by atoms with Gasteiger partial charge in [0.25, 0.3) is 11.6 Å². The molecule has 1 aromatic carbocycles. The van der Waals surface area contributed by atoms with Crippen molar-refractivity contribution in [1.82, 2.24) is 10.9 Å². The second-order valence-corrected chi connectivity index (χ2v) is 6.38. The molecular weight excluding hydrogens is 346 g/mol. The first-order valence-electron chi connectivity index (χ1n) is 8.03. The molecule has 3 N–H and O–H groups in total. The van der Waals surface area contributed by atoms with Gasteiger partial charge in [-0.3, -0.25) is 35.3 Å². The molecule has 2 bridgehead atoms. The van der Waals surface area contributed by atoms with Crippen molar-refractivity contribution in [3.05, 3.63) is 39.4 Å². The number of nitrogens with one attached hydrogen (secondary N) is 2. The number of amides is 2. The van der Waals surface area contributed by atoms with Crippen LogP contribution in [0.5, 0.6) is 0 Å². The van der Waals surface area contributed by atoms with Crippen molar-refractivity contribution < 1.29 is 29.2 Å². The minimum absolute atomic E-state index is 0.117. The van der Waals surface area contributed by atoms with Gasteiger partial charge in [-0.05, 0) is 31.9 Å². The number of hydrogen-bond donors (Lipinski definition) is 3. The van der Waals surface area contributed by atoms with Gasteiger partial charge in [0.1, 0.15) is 0 Å². The normalized spacial score (nSPS) is 26.3. The van der Waals surface area contributed by atoms with E-state index < -0.39 is 46.8 Å². The Bertz CT molecular complexity index is 794. The first-order chi connectivity index (χ1) is 12.3. The molecular formula is C16H17N3O7. The van der Waals surface area contributed by atoms with Crippen LogP contribution in [0.25, 0.3) is 0 Å². The van der Waals surface area contributed by atoms with Gasteiger partial charge in [0.05, 0.1) is 29.0 Å². The third-order valence-electron chi connectivity index (χ3n) is 4.82. The van der Waals surface area contributed by atoms with Gasteiger partial charge in [-0.15, -0.1) is 0 Å². The number of ether oxygens (including phenoxy) is 1. The van der Waals surface area contributed by atoms with Crippen molar-refractivity contribution in [3.8, 4) is 0 Å². The molecule has 2 fully saturated rings. The van der Waals surface area contributed by atoms with E-state index in [0.29, 0.717) is 18.4 Å². The molecule has 1 aromatic rings. The van der Waals surface area contributed by atoms with Crippen molar-refractivity contribution >= 4 is 23.5 Å². The summed E-state index contributed by atoms with van der Waals surface area (Å²) in [5.74, 6) is -4.20. The molecule has 0 radical (unpaired) electrons. The third kappa shape index (κ3) is 3.10. The van der Waals surface area contributed by atoms with Crippen LogP contribution in [0, 0.1) is 28.9 Å². The van der Waals surface area contributed by atoms with Gasteiger partial charge in [0.2, 0.25) is 5.91 Å². The largest absolute Gasteiger partial charge is 0.481 e. The number of carboxylic acid groups (broad SMARTS) is 1. The van der Waals surface area contributed by atoms with Gasteiger partial charge in [-0.25, -0.2) is 0 Å². The third-order valence-corrected chi connectivity index (χ3v) is 4.82. The number of carbonyl (C=O) groups is 3. The van der Waals surface area contributed by atoms with Gasteiger partial charge in [0.15, 0.2) is 0 Å². The van der Waals surface area contributed by atoms with E-state index in [2.05, 4.69) is 10.9 Å². The van der Waals surface area contributed by atoms with Crippen molar-refractivity contribution in [1.29, 1.82) is 0 Å². The van der Waals surface area contributed by atoms with Crippen molar-refractivity contribution in [2.45, 2.75) is 32.0 Å². The Labute approximate surface area is 147 Å². The molecule has 138 valence electrons. The topological polar surface area (TPSA) is 148 Å². The average molecular weight is 363 g/mol. The zero-order valence-electron chi connectivity index (χ0n) is 13.8. The lowest BCUT2D eigenvalue weighted by Gasteiger charge is -2.23. The van der Waals surface area contributed by atoms with E-state index in [9.17, 15) is 29.6 Å². The van der Waals surface area contributed by atoms with Crippen LogP contribution in [0.2, 0.25) is 0 Å². The predicted octanol–water partition coefficient (Wildman–Crippen LogP) is 0.542. The highest BCUT2D eigenvalue weighted by molar-refractivity contribution is 5.96. The summed E-state index contributed by atoms with van der Waals surface area (Å²) in [6, 6.07) is 3.81. The van der Waals surface area contributed by atoms with Crippen molar-refractivity contribution in [2.24, 2.45) is 11.8 Å². The number of benzene rings is 1. The summed E-state index contributed by atoms with van der Waals surface area (Å²) in [6.45, 7) is 1.50. The van der Waals surface area contributed by atoms with E-state index in [1.165, 1.54) is 25.1 Å². The molecule has 0 aliphatic carbocycles. The number of hydrogen-bond acceptors (Lipinski definition) is 6. The molecule has 0 unspecified atom stereocenters. The van der Waals surface area contributed by atoms with Crippen LogP contribution in [0.15, 0.2) is 18.2 Å². The monoisotopic (exact) mass is 363 g/mol. The molecule has 2 amide bonds. The number of carboxylic acids is 1. The number of fused-ring (bicyclic) bond motifs is 2. The lowest BCUT2D eigenvalue weighted by Crippen LogP contribution is -2.50. The standard InChI is InChI=1S/C16H17N3O7/c1-7-6-8(2-3-9(7)19(24)25)14(20)17-18-15(21)12-10-4-5-11(26-10)13(12)16(22)23/h2-3,6,10-13H,4-5H2,1H3,(H,17,20)(H,18,21)(H,22,23)/t10-,11-,12+,13-/m0/s1. The molecule has 4 atom stereocenters. The molecule has 26 heavy (non-hydrogen) atoms. The van der Waals surface area contributed by atoms with Crippen LogP contribution < -0.4 is 10.9 Å². The Hall–Kier alpha value is -3.01. The summed E-state index contributed by atoms with van der Waals surface area (Å²) in [5, 5.41) is 20.1. The second-order valence-electron chi connectivity index (χ2n) is 6.38. The lowest BCUT2D eigenvalue weighted by atomic mass is 9.79. The number of hydrazine groups is 1. The summed E-state index contributed by atoms with van der Waals surface area (Å²) in [5.41, 5.74) is 4.77. The van der Waals surface area contributed by atoms with Gasteiger partial charge < -0.3 is 9.84 Å². The van der Waals surface area contributed by atoms with Gasteiger partial charge in [0, 0.05) is 17.2 Å². The molecule has 10 heteroatoms. The molecule has 0 saturated carbocycles. The highest BCUT2D eigenvalue weighted by Gasteiger charge is 2.55. The molecule has 2 saturated heterocycles. The van der Waals surface area contributed by atoms with E-state index in [0.717, 1.165) is 0 Å². The maximum absolute atomic E-state index is 12.3. The lowest BCUT2D eigenvalue weighted by molar-refractivity contribution is -0.385. The van der Waals surface area contributed by atoms with Crippen LogP contribution in [0.1, 0.15) is 28.8 Å². The highest BCUT2D eigenvalue weighted by atomic mass is 16.6. The van der Waals surface area contributed by atoms with E-state index in [-0.39, 0.29) is 11.3 Å². The fourth-order valence-corrected chi connectivity index (χ4v) is 3.60. The van der Waals surface area contributed by atoms with E-state index >= 15 is 0 Å². The number of carbonyl (C=O) groups excluding carboxylic acids is 2. The minimum atomic E-state index is -1.10. The summed E-state index contributed by atoms with van der Waals surface area (Å²) >= 11 is 0. The van der Waals surface area contributed by atoms with Crippen molar-refractivity contribution in [3.63, 3.8) is 0 Å². The van der Waals surface area contributed by atoms with Crippen LogP contribution in [0.4, 0.5) is 5.69 Å². The number of rotatable bonds is 4. The number of nitro benzene ring substituents is 1. The fourth-order valence-electron chi connectivity index (χ4n) is 3.60. The van der Waals surface area contributed by atoms with Crippen molar-refractivity contribution in [2.75, 3.05) is 0 Å². The smallest absolute Gasteiger partial charge is 0.310 e. The fraction of sp³-hybridized carbons (Fsp3) is 0.438. The zero-order valence-corrected chi connectivity index (χ0v) is 13.8. The summed E-state index contributed by atoms with van der Waals surface area (Å²) < 4.78 is 5.50. The van der Waals surface area contributed by atoms with E-state index in [1.807, 2.05) is 0 Å². The Balaban J connectivity index is 1.64. The van der Waals surface area contributed by atoms with Gasteiger partial charge in [-0.2, -0.15) is 0 Å². The van der Waals surface area contributed by atoms with Gasteiger partial charge >= 0.3 is 5.97 Å². The SMILES string of the molecule is Cc1cc(C(=O)NNC(=O)[C@H]2[C@@H](C(=O)O)[C@@H]3CC[C@@H]2O3)ccc1[N+](=O)[O-]. The van der Waals surface area contributed by atoms with E-state index in [1.54, 1.807) is 0 Å². The Morgan fingerprint density at radius 2 is 1.85 bits per heavy atom. The second kappa shape index (κ2) is 6.71. The number of nitro groups is 1. The van der Waals surface area contributed by atoms with Crippen LogP contribution in [-0.4, -0.2) is 40.0 Å². The molecule has 2 heterocycles. The number of nitrogens with zero attached hydrogens (tertiary/aromatic N) is 1. The quantitative estimate of drug-likeness (QED) is 0.522. The van der Waals surface area contributed by atoms with Crippen LogP contribution in [-0.2, 0) is 14.3 Å². The molecule has 10 nitrogen and oxygen atoms in total. The highest BCUT2D eigenvalue weighted by Crippen LogP contribution is 2.43. The molecule has 2 aliphatic rings. The Morgan fingerprint density at radius 3 is 2.42 bits per heavy atom. The molecule has 0 spiro atoms. The van der Waals surface area contributed by atoms with Gasteiger partial charge in [-0.1, -0.05) is 0 Å². The summed E-state index contributed by atoms with van der Waals surface area (Å²) in [7, 11) is 0. The molecule has 2 aliphatic heterocycles. The summed E-state index contributed by atoms with van der Waals surface area (Å²) in [6.07, 6.45) is 0.239. The summed E-state index contributed by atoms with van der Waals surface area (Å²) in [4.78, 5) is 46.1. The molecule has 0 aromatic heterocycles. The Kier molecular flexibility index (Phi) is 4.60. The zero-order chi connectivity index (χ0) is 19.0. The predicted molar refractivity (Wildman–Crippen MR) is 86.0 cm³/mol. The molecule has 3 rings (SSSR count).